The van der Waals surface area contributed by atoms with Crippen LogP contribution in [0.2, 0.25) is 0 Å². The fourth-order valence-corrected chi connectivity index (χ4v) is 3.82. The molecule has 1 amide bonds. The molecule has 33 heavy (non-hydrogen) atoms. The summed E-state index contributed by atoms with van der Waals surface area (Å²) in [6, 6.07) is 14.1. The molecule has 10 nitrogen and oxygen atoms in total. The summed E-state index contributed by atoms with van der Waals surface area (Å²) in [6.07, 6.45) is -1.01. The molecule has 0 aromatic heterocycles. The van der Waals surface area contributed by atoms with Crippen LogP contribution in [-0.2, 0) is 0 Å². The van der Waals surface area contributed by atoms with E-state index in [0.29, 0.717) is 28.4 Å². The molecule has 1 unspecified atom stereocenters. The van der Waals surface area contributed by atoms with E-state index in [1.54, 1.807) is 42.5 Å². The van der Waals surface area contributed by atoms with E-state index in [2.05, 4.69) is 5.32 Å². The molecule has 10 heteroatoms. The number of hydrogen-bond acceptors (Lipinski definition) is 8. The van der Waals surface area contributed by atoms with Crippen LogP contribution in [0, 0.1) is 10.1 Å². The van der Waals surface area contributed by atoms with Gasteiger partial charge in [0, 0.05) is 11.8 Å². The highest BCUT2D eigenvalue weighted by Gasteiger charge is 2.39. The molecule has 2 N–H and O–H groups in total. The number of methoxy groups -OCH3 is 3. The van der Waals surface area contributed by atoms with Crippen molar-refractivity contribution in [1.29, 1.82) is 0 Å². The third kappa shape index (κ3) is 3.71. The number of carbonyl (C=O) groups is 1. The van der Waals surface area contributed by atoms with Crippen LogP contribution < -0.4 is 24.4 Å². The lowest BCUT2D eigenvalue weighted by atomic mass is 10.0. The van der Waals surface area contributed by atoms with Crippen molar-refractivity contribution in [1.82, 2.24) is 0 Å². The number of phenolic OH excluding ortho intramolecular Hbond substituents is 1. The van der Waals surface area contributed by atoms with Crippen molar-refractivity contribution < 1.29 is 29.0 Å². The lowest BCUT2D eigenvalue weighted by molar-refractivity contribution is -0.385. The number of ether oxygens (including phenoxy) is 3. The number of carbonyl (C=O) groups excluding carboxylic acids is 1. The highest BCUT2D eigenvalue weighted by Crippen LogP contribution is 2.45. The maximum absolute atomic E-state index is 13.7. The summed E-state index contributed by atoms with van der Waals surface area (Å²) in [7, 11) is 4.30. The zero-order valence-electron chi connectivity index (χ0n) is 18.1. The van der Waals surface area contributed by atoms with Crippen molar-refractivity contribution >= 4 is 23.0 Å². The zero-order valence-corrected chi connectivity index (χ0v) is 18.1. The van der Waals surface area contributed by atoms with Crippen LogP contribution in [0.3, 0.4) is 0 Å². The van der Waals surface area contributed by atoms with Crippen LogP contribution in [0.15, 0.2) is 54.6 Å². The van der Waals surface area contributed by atoms with Crippen LogP contribution in [0.1, 0.15) is 22.1 Å². The van der Waals surface area contributed by atoms with E-state index < -0.39 is 11.1 Å². The van der Waals surface area contributed by atoms with Gasteiger partial charge in [0.2, 0.25) is 0 Å². The quantitative estimate of drug-likeness (QED) is 0.424. The number of phenols is 1. The van der Waals surface area contributed by atoms with Crippen LogP contribution in [0.4, 0.5) is 17.1 Å². The second-order valence-electron chi connectivity index (χ2n) is 7.15. The molecule has 0 saturated heterocycles. The first-order valence-corrected chi connectivity index (χ1v) is 9.86. The number of nitro benzene ring substituents is 1. The molecular formula is C23H21N3O7. The lowest BCUT2D eigenvalue weighted by Crippen LogP contribution is -2.43. The Morgan fingerprint density at radius 1 is 1.00 bits per heavy atom. The number of rotatable bonds is 6. The molecule has 1 aliphatic heterocycles. The zero-order chi connectivity index (χ0) is 23.7. The number of fused-ring (bicyclic) bond motifs is 1. The summed E-state index contributed by atoms with van der Waals surface area (Å²) < 4.78 is 15.9. The molecule has 0 radical (unpaired) electrons. The number of nitro groups is 1. The number of nitrogens with zero attached hydrogens (tertiary/aromatic N) is 2. The van der Waals surface area contributed by atoms with E-state index in [4.69, 9.17) is 14.2 Å². The second kappa shape index (κ2) is 8.58. The molecule has 3 aromatic rings. The second-order valence-corrected chi connectivity index (χ2v) is 7.15. The van der Waals surface area contributed by atoms with Gasteiger partial charge in [0.05, 0.1) is 49.1 Å². The molecule has 1 aliphatic rings. The van der Waals surface area contributed by atoms with Gasteiger partial charge in [-0.2, -0.15) is 0 Å². The van der Waals surface area contributed by atoms with Crippen molar-refractivity contribution in [2.75, 3.05) is 31.5 Å². The molecule has 0 aliphatic carbocycles. The Bertz CT molecular complexity index is 1240. The molecule has 3 aromatic carbocycles. The number of hydrogen-bond donors (Lipinski definition) is 2. The average molecular weight is 451 g/mol. The molecule has 170 valence electrons. The molecule has 4 rings (SSSR count). The third-order valence-electron chi connectivity index (χ3n) is 5.39. The molecular weight excluding hydrogens is 430 g/mol. The maximum atomic E-state index is 13.7. The standard InChI is InChI=1S/C23H21N3O7/c1-31-13-8-9-17(20(10-13)32-2)25-22(24-16-7-5-4-6-14(16)23(25)28)15-11-21(33-3)19(27)12-18(15)26(29)30/h4-12,22,24,27H,1-3H3. The lowest BCUT2D eigenvalue weighted by Gasteiger charge is -2.38. The highest BCUT2D eigenvalue weighted by molar-refractivity contribution is 6.12. The van der Waals surface area contributed by atoms with E-state index in [1.807, 2.05) is 0 Å². The first kappa shape index (κ1) is 21.8. The molecule has 1 atom stereocenters. The normalized spacial score (nSPS) is 14.8. The van der Waals surface area contributed by atoms with Gasteiger partial charge in [0.25, 0.3) is 11.6 Å². The van der Waals surface area contributed by atoms with Crippen molar-refractivity contribution in [2.45, 2.75) is 6.17 Å². The summed E-state index contributed by atoms with van der Waals surface area (Å²) in [5, 5.41) is 25.2. The van der Waals surface area contributed by atoms with E-state index in [0.717, 1.165) is 6.07 Å². The minimum Gasteiger partial charge on any atom is -0.504 e. The smallest absolute Gasteiger partial charge is 0.280 e. The number of benzene rings is 3. The summed E-state index contributed by atoms with van der Waals surface area (Å²) >= 11 is 0. The van der Waals surface area contributed by atoms with Gasteiger partial charge < -0.3 is 24.6 Å². The van der Waals surface area contributed by atoms with Crippen LogP contribution in [0.25, 0.3) is 0 Å². The summed E-state index contributed by atoms with van der Waals surface area (Å²) in [6.45, 7) is 0. The van der Waals surface area contributed by atoms with Crippen LogP contribution in [-0.4, -0.2) is 37.3 Å². The topological polar surface area (TPSA) is 123 Å². The fraction of sp³-hybridized carbons (Fsp3) is 0.174. The van der Waals surface area contributed by atoms with E-state index in [-0.39, 0.29) is 28.7 Å². The van der Waals surface area contributed by atoms with Gasteiger partial charge in [-0.05, 0) is 30.3 Å². The van der Waals surface area contributed by atoms with Gasteiger partial charge in [0.1, 0.15) is 17.7 Å². The molecule has 0 fully saturated rings. The van der Waals surface area contributed by atoms with Crippen LogP contribution >= 0.6 is 0 Å². The van der Waals surface area contributed by atoms with Crippen molar-refractivity contribution in [3.8, 4) is 23.0 Å². The predicted octanol–water partition coefficient (Wildman–Crippen LogP) is 4.10. The van der Waals surface area contributed by atoms with E-state index in [1.165, 1.54) is 32.3 Å². The Kier molecular flexibility index (Phi) is 5.65. The van der Waals surface area contributed by atoms with E-state index >= 15 is 0 Å². The average Bonchev–Trinajstić information content (AvgIpc) is 2.83. The molecule has 1 heterocycles. The minimum atomic E-state index is -1.01. The summed E-state index contributed by atoms with van der Waals surface area (Å²) in [5.74, 6) is 0.109. The fourth-order valence-electron chi connectivity index (χ4n) is 3.82. The third-order valence-corrected chi connectivity index (χ3v) is 5.39. The minimum absolute atomic E-state index is 0.0327. The predicted molar refractivity (Wildman–Crippen MR) is 120 cm³/mol. The van der Waals surface area contributed by atoms with Gasteiger partial charge >= 0.3 is 0 Å². The molecule has 0 saturated carbocycles. The SMILES string of the molecule is COc1ccc(N2C(=O)c3ccccc3NC2c2cc(OC)c(O)cc2[N+](=O)[O-])c(OC)c1. The van der Waals surface area contributed by atoms with Crippen molar-refractivity contribution in [3.63, 3.8) is 0 Å². The van der Waals surface area contributed by atoms with Gasteiger partial charge in [-0.3, -0.25) is 19.8 Å². The largest absolute Gasteiger partial charge is 0.504 e. The summed E-state index contributed by atoms with van der Waals surface area (Å²) in [5.41, 5.74) is 1.01. The first-order valence-electron chi connectivity index (χ1n) is 9.86. The highest BCUT2D eigenvalue weighted by atomic mass is 16.6. The van der Waals surface area contributed by atoms with Gasteiger partial charge in [0.15, 0.2) is 11.5 Å². The Labute approximate surface area is 189 Å². The number of para-hydroxylation sites is 1. The van der Waals surface area contributed by atoms with Gasteiger partial charge in [-0.1, -0.05) is 12.1 Å². The van der Waals surface area contributed by atoms with Gasteiger partial charge in [-0.25, -0.2) is 0 Å². The Hall–Kier alpha value is -4.47. The Morgan fingerprint density at radius 2 is 1.73 bits per heavy atom. The Balaban J connectivity index is 1.98. The molecule has 0 bridgehead atoms. The van der Waals surface area contributed by atoms with Crippen molar-refractivity contribution in [3.05, 3.63) is 75.8 Å². The maximum Gasteiger partial charge on any atom is 0.280 e. The monoisotopic (exact) mass is 451 g/mol. The Morgan fingerprint density at radius 3 is 2.39 bits per heavy atom. The van der Waals surface area contributed by atoms with Crippen molar-refractivity contribution in [2.24, 2.45) is 0 Å². The number of amides is 1. The van der Waals surface area contributed by atoms with Gasteiger partial charge in [-0.15, -0.1) is 0 Å². The first-order chi connectivity index (χ1) is 15.9. The summed E-state index contributed by atoms with van der Waals surface area (Å²) in [4.78, 5) is 26.3. The van der Waals surface area contributed by atoms with Crippen LogP contribution in [0.5, 0.6) is 23.0 Å². The van der Waals surface area contributed by atoms with E-state index in [9.17, 15) is 20.0 Å². The molecule has 0 spiro atoms. The number of nitrogens with one attached hydrogen (secondary N) is 1. The number of anilines is 2. The number of aromatic hydroxyl groups is 1.